The van der Waals surface area contributed by atoms with Gasteiger partial charge in [-0.1, -0.05) is 12.1 Å². The Morgan fingerprint density at radius 1 is 1.20 bits per heavy atom. The second kappa shape index (κ2) is 12.9. The zero-order valence-corrected chi connectivity index (χ0v) is 17.8. The van der Waals surface area contributed by atoms with Crippen molar-refractivity contribution >= 4 is 41.3 Å². The van der Waals surface area contributed by atoms with Crippen molar-refractivity contribution in [3.05, 3.63) is 57.1 Å². The molecule has 25 heavy (non-hydrogen) atoms. The number of thiophene rings is 1. The molecule has 0 unspecified atom stereocenters. The van der Waals surface area contributed by atoms with Crippen molar-refractivity contribution < 1.29 is 0 Å². The third-order valence-corrected chi connectivity index (χ3v) is 4.50. The van der Waals surface area contributed by atoms with E-state index in [0.717, 1.165) is 51.4 Å². The number of aryl methyl sites for hydroxylation is 1. The summed E-state index contributed by atoms with van der Waals surface area (Å²) in [5.41, 5.74) is 0.0598. The largest absolute Gasteiger partial charge is 0.357 e. The van der Waals surface area contributed by atoms with E-state index in [0.29, 0.717) is 0 Å². The summed E-state index contributed by atoms with van der Waals surface area (Å²) in [6.07, 6.45) is 4.76. The second-order valence-corrected chi connectivity index (χ2v) is 6.49. The maximum atomic E-state index is 11.6. The number of aliphatic imine (C=N–C) groups is 1. The van der Waals surface area contributed by atoms with E-state index < -0.39 is 0 Å². The zero-order chi connectivity index (χ0) is 17.0. The number of halogens is 1. The Bertz CT molecular complexity index is 670. The van der Waals surface area contributed by atoms with Gasteiger partial charge in [-0.25, -0.2) is 0 Å². The summed E-state index contributed by atoms with van der Waals surface area (Å²) in [6, 6.07) is 9.49. The fraction of sp³-hybridized carbons (Fsp3) is 0.444. The fourth-order valence-corrected chi connectivity index (χ4v) is 3.04. The van der Waals surface area contributed by atoms with Crippen LogP contribution in [0.4, 0.5) is 0 Å². The highest BCUT2D eigenvalue weighted by Crippen LogP contribution is 2.07. The van der Waals surface area contributed by atoms with Crippen molar-refractivity contribution in [3.63, 3.8) is 0 Å². The van der Waals surface area contributed by atoms with Gasteiger partial charge in [0.1, 0.15) is 0 Å². The van der Waals surface area contributed by atoms with E-state index in [9.17, 15) is 4.79 Å². The first-order chi connectivity index (χ1) is 11.8. The third kappa shape index (κ3) is 8.53. The molecule has 0 aliphatic heterocycles. The third-order valence-electron chi connectivity index (χ3n) is 3.56. The average Bonchev–Trinajstić information content (AvgIpc) is 3.09. The van der Waals surface area contributed by atoms with Gasteiger partial charge in [-0.3, -0.25) is 9.79 Å². The summed E-state index contributed by atoms with van der Waals surface area (Å²) in [5, 5.41) is 8.74. The van der Waals surface area contributed by atoms with Crippen molar-refractivity contribution in [1.29, 1.82) is 0 Å². The average molecular weight is 474 g/mol. The minimum atomic E-state index is 0. The summed E-state index contributed by atoms with van der Waals surface area (Å²) >= 11 is 1.78. The van der Waals surface area contributed by atoms with E-state index in [2.05, 4.69) is 40.1 Å². The van der Waals surface area contributed by atoms with Gasteiger partial charge in [-0.2, -0.15) is 0 Å². The Morgan fingerprint density at radius 3 is 2.80 bits per heavy atom. The van der Waals surface area contributed by atoms with E-state index in [1.165, 1.54) is 4.88 Å². The standard InChI is InChI=1S/C18H26N4OS.HI/c1-2-19-18(21-12-10-16-8-7-15-24-16)20-11-4-6-14-22-13-5-3-9-17(22)23;/h3,5,7-9,13,15H,2,4,6,10-12,14H2,1H3,(H2,19,20,21);1H. The number of rotatable bonds is 9. The number of guanidine groups is 1. The molecule has 0 atom stereocenters. The molecule has 0 fully saturated rings. The lowest BCUT2D eigenvalue weighted by Gasteiger charge is -2.11. The maximum Gasteiger partial charge on any atom is 0.250 e. The van der Waals surface area contributed by atoms with Crippen LogP contribution in [-0.4, -0.2) is 30.2 Å². The Kier molecular flexibility index (Phi) is 11.2. The molecule has 0 aromatic carbocycles. The van der Waals surface area contributed by atoms with Gasteiger partial charge in [0.15, 0.2) is 5.96 Å². The molecule has 2 aromatic heterocycles. The highest BCUT2D eigenvalue weighted by Gasteiger charge is 1.99. The lowest BCUT2D eigenvalue weighted by atomic mass is 10.3. The molecule has 7 heteroatoms. The predicted octanol–water partition coefficient (Wildman–Crippen LogP) is 3.11. The van der Waals surface area contributed by atoms with Crippen LogP contribution >= 0.6 is 35.3 Å². The Morgan fingerprint density at radius 2 is 2.08 bits per heavy atom. The molecule has 0 saturated carbocycles. The smallest absolute Gasteiger partial charge is 0.250 e. The van der Waals surface area contributed by atoms with Crippen molar-refractivity contribution in [2.24, 2.45) is 4.99 Å². The second-order valence-electron chi connectivity index (χ2n) is 5.46. The molecular weight excluding hydrogens is 447 g/mol. The molecule has 0 aliphatic rings. The van der Waals surface area contributed by atoms with Crippen LogP contribution in [0.2, 0.25) is 0 Å². The van der Waals surface area contributed by atoms with E-state index in [4.69, 9.17) is 0 Å². The molecule has 0 amide bonds. The molecule has 0 saturated heterocycles. The van der Waals surface area contributed by atoms with Crippen LogP contribution < -0.4 is 16.2 Å². The van der Waals surface area contributed by atoms with Crippen LogP contribution in [0.3, 0.4) is 0 Å². The summed E-state index contributed by atoms with van der Waals surface area (Å²) in [7, 11) is 0. The van der Waals surface area contributed by atoms with Gasteiger partial charge in [-0.15, -0.1) is 35.3 Å². The zero-order valence-electron chi connectivity index (χ0n) is 14.6. The van der Waals surface area contributed by atoms with Crippen LogP contribution in [0.25, 0.3) is 0 Å². The van der Waals surface area contributed by atoms with Gasteiger partial charge in [0.25, 0.3) is 0 Å². The quantitative estimate of drug-likeness (QED) is 0.254. The summed E-state index contributed by atoms with van der Waals surface area (Å²) in [4.78, 5) is 17.6. The molecule has 0 radical (unpaired) electrons. The Balaban J connectivity index is 0.00000312. The molecule has 0 bridgehead atoms. The van der Waals surface area contributed by atoms with Gasteiger partial charge < -0.3 is 15.2 Å². The summed E-state index contributed by atoms with van der Waals surface area (Å²) in [5.74, 6) is 0.867. The van der Waals surface area contributed by atoms with E-state index in [1.807, 2.05) is 12.3 Å². The first kappa shape index (κ1) is 21.7. The number of aromatic nitrogens is 1. The number of pyridine rings is 1. The van der Waals surface area contributed by atoms with E-state index in [1.54, 1.807) is 28.0 Å². The molecule has 0 spiro atoms. The van der Waals surface area contributed by atoms with Gasteiger partial charge in [0.05, 0.1) is 0 Å². The molecule has 2 N–H and O–H groups in total. The monoisotopic (exact) mass is 474 g/mol. The lowest BCUT2D eigenvalue weighted by Crippen LogP contribution is -2.38. The van der Waals surface area contributed by atoms with Gasteiger partial charge in [0, 0.05) is 43.3 Å². The number of nitrogens with zero attached hydrogens (tertiary/aromatic N) is 2. The van der Waals surface area contributed by atoms with Crippen LogP contribution in [0.5, 0.6) is 0 Å². The van der Waals surface area contributed by atoms with Crippen molar-refractivity contribution in [2.45, 2.75) is 32.7 Å². The van der Waals surface area contributed by atoms with Gasteiger partial charge >= 0.3 is 0 Å². The van der Waals surface area contributed by atoms with Crippen molar-refractivity contribution in [3.8, 4) is 0 Å². The van der Waals surface area contributed by atoms with Gasteiger partial charge in [-0.05, 0) is 43.7 Å². The molecular formula is C18H27IN4OS. The number of hydrogen-bond acceptors (Lipinski definition) is 3. The van der Waals surface area contributed by atoms with Crippen molar-refractivity contribution in [2.75, 3.05) is 19.6 Å². The SMILES string of the molecule is CCNC(=NCCCCn1ccccc1=O)NCCc1cccs1.I. The normalized spacial score (nSPS) is 11.0. The van der Waals surface area contributed by atoms with Crippen LogP contribution in [0, 0.1) is 0 Å². The fourth-order valence-electron chi connectivity index (χ4n) is 2.33. The van der Waals surface area contributed by atoms with Crippen molar-refractivity contribution in [1.82, 2.24) is 15.2 Å². The van der Waals surface area contributed by atoms with E-state index in [-0.39, 0.29) is 29.5 Å². The highest BCUT2D eigenvalue weighted by molar-refractivity contribution is 14.0. The highest BCUT2D eigenvalue weighted by atomic mass is 127. The first-order valence-electron chi connectivity index (χ1n) is 8.49. The predicted molar refractivity (Wildman–Crippen MR) is 117 cm³/mol. The van der Waals surface area contributed by atoms with Crippen LogP contribution in [0.1, 0.15) is 24.6 Å². The minimum absolute atomic E-state index is 0. The first-order valence-corrected chi connectivity index (χ1v) is 9.37. The maximum absolute atomic E-state index is 11.6. The summed E-state index contributed by atoms with van der Waals surface area (Å²) < 4.78 is 1.74. The molecule has 138 valence electrons. The topological polar surface area (TPSA) is 58.4 Å². The van der Waals surface area contributed by atoms with Crippen LogP contribution in [-0.2, 0) is 13.0 Å². The number of unbranched alkanes of at least 4 members (excludes halogenated alkanes) is 1. The number of nitrogens with one attached hydrogen (secondary N) is 2. The Hall–Kier alpha value is -1.35. The molecule has 2 heterocycles. The Labute approximate surface area is 170 Å². The molecule has 0 aliphatic carbocycles. The van der Waals surface area contributed by atoms with Crippen LogP contribution in [0.15, 0.2) is 51.7 Å². The lowest BCUT2D eigenvalue weighted by molar-refractivity contribution is 0.597. The summed E-state index contributed by atoms with van der Waals surface area (Å²) in [6.45, 7) is 5.31. The molecule has 5 nitrogen and oxygen atoms in total. The molecule has 2 rings (SSSR count). The minimum Gasteiger partial charge on any atom is -0.357 e. The van der Waals surface area contributed by atoms with Gasteiger partial charge in [0.2, 0.25) is 5.56 Å². The number of hydrogen-bond donors (Lipinski definition) is 2. The van der Waals surface area contributed by atoms with E-state index >= 15 is 0 Å². The molecule has 2 aromatic rings.